The Morgan fingerprint density at radius 1 is 0.933 bits per heavy atom. The Labute approximate surface area is 179 Å². The largest absolute Gasteiger partial charge is 0.490 e. The number of terminal acetylenes is 1. The highest BCUT2D eigenvalue weighted by Gasteiger charge is 2.27. The third-order valence-corrected chi connectivity index (χ3v) is 5.89. The van der Waals surface area contributed by atoms with Gasteiger partial charge in [-0.2, -0.15) is 0 Å². The van der Waals surface area contributed by atoms with Crippen LogP contribution in [0.5, 0.6) is 5.75 Å². The van der Waals surface area contributed by atoms with Crippen LogP contribution in [-0.2, 0) is 17.8 Å². The molecule has 0 spiro atoms. The molecule has 0 atom stereocenters. The lowest BCUT2D eigenvalue weighted by Gasteiger charge is -2.35. The van der Waals surface area contributed by atoms with Crippen molar-refractivity contribution < 1.29 is 9.53 Å². The number of rotatable bonds is 7. The Morgan fingerprint density at radius 2 is 1.70 bits per heavy atom. The molecule has 0 radical (unpaired) electrons. The van der Waals surface area contributed by atoms with E-state index >= 15 is 0 Å². The van der Waals surface area contributed by atoms with Crippen LogP contribution < -0.4 is 9.64 Å². The van der Waals surface area contributed by atoms with Gasteiger partial charge in [0.1, 0.15) is 12.4 Å². The second-order valence-electron chi connectivity index (χ2n) is 7.90. The normalized spacial score (nSPS) is 17.4. The lowest BCUT2D eigenvalue weighted by molar-refractivity contribution is -0.118. The predicted octanol–water partition coefficient (Wildman–Crippen LogP) is 2.80. The number of nitrogens with zero attached hydrogens (tertiary/aromatic N) is 3. The summed E-state index contributed by atoms with van der Waals surface area (Å²) in [5, 5.41) is 0. The minimum atomic E-state index is 0.0750. The summed E-state index contributed by atoms with van der Waals surface area (Å²) in [6.45, 7) is 7.02. The Bertz CT molecular complexity index is 898. The van der Waals surface area contributed by atoms with Gasteiger partial charge in [0.15, 0.2) is 0 Å². The molecule has 0 aromatic heterocycles. The lowest BCUT2D eigenvalue weighted by Crippen LogP contribution is -2.47. The maximum atomic E-state index is 12.3. The first kappa shape index (κ1) is 20.5. The summed E-state index contributed by atoms with van der Waals surface area (Å²) in [6, 6.07) is 16.6. The number of carbonyl (C=O) groups excluding carboxylic acids is 1. The van der Waals surface area contributed by atoms with E-state index in [9.17, 15) is 4.79 Å². The number of para-hydroxylation sites is 1. The molecule has 2 aliphatic rings. The number of aryl methyl sites for hydroxylation is 1. The maximum Gasteiger partial charge on any atom is 0.228 e. The number of benzene rings is 2. The highest BCUT2D eigenvalue weighted by Crippen LogP contribution is 2.36. The Balaban J connectivity index is 1.29. The van der Waals surface area contributed by atoms with E-state index in [1.54, 1.807) is 4.90 Å². The molecule has 2 heterocycles. The molecule has 1 saturated heterocycles. The average Bonchev–Trinajstić information content (AvgIpc) is 2.78. The molecule has 0 bridgehead atoms. The first-order chi connectivity index (χ1) is 14.7. The fourth-order valence-electron chi connectivity index (χ4n) is 4.25. The highest BCUT2D eigenvalue weighted by molar-refractivity contribution is 5.98. The van der Waals surface area contributed by atoms with Crippen LogP contribution in [-0.4, -0.2) is 61.6 Å². The molecule has 2 aliphatic heterocycles. The summed E-state index contributed by atoms with van der Waals surface area (Å²) in [7, 11) is 0. The van der Waals surface area contributed by atoms with Gasteiger partial charge in [-0.15, -0.1) is 6.42 Å². The molecular weight excluding hydrogens is 374 g/mol. The topological polar surface area (TPSA) is 36.0 Å². The van der Waals surface area contributed by atoms with Crippen LogP contribution in [0.4, 0.5) is 5.69 Å². The smallest absolute Gasteiger partial charge is 0.228 e. The molecule has 0 aliphatic carbocycles. The highest BCUT2D eigenvalue weighted by atomic mass is 16.5. The van der Waals surface area contributed by atoms with Gasteiger partial charge in [0.2, 0.25) is 5.91 Å². The number of fused-ring (bicyclic) bond motifs is 1. The number of amides is 1. The van der Waals surface area contributed by atoms with Crippen LogP contribution >= 0.6 is 0 Å². The van der Waals surface area contributed by atoms with Crippen molar-refractivity contribution in [1.29, 1.82) is 0 Å². The standard InChI is InChI=1S/C25H29N3O2/c1-2-13-28-24(29)12-11-22-9-6-10-23(25(22)28)30-19-18-26-14-16-27(17-15-26)20-21-7-4-3-5-8-21/h1,3-10H,11-20H2. The fourth-order valence-corrected chi connectivity index (χ4v) is 4.25. The molecule has 1 amide bonds. The van der Waals surface area contributed by atoms with Crippen LogP contribution in [0.25, 0.3) is 0 Å². The van der Waals surface area contributed by atoms with E-state index < -0.39 is 0 Å². The Kier molecular flexibility index (Phi) is 6.68. The van der Waals surface area contributed by atoms with Crippen LogP contribution in [0.1, 0.15) is 17.5 Å². The summed E-state index contributed by atoms with van der Waals surface area (Å²) in [6.07, 6.45) is 6.74. The minimum Gasteiger partial charge on any atom is -0.490 e. The van der Waals surface area contributed by atoms with Gasteiger partial charge in [-0.25, -0.2) is 0 Å². The first-order valence-electron chi connectivity index (χ1n) is 10.7. The number of hydrogen-bond donors (Lipinski definition) is 0. The zero-order valence-corrected chi connectivity index (χ0v) is 17.4. The number of ether oxygens (including phenoxy) is 1. The van der Waals surface area contributed by atoms with Crippen molar-refractivity contribution in [2.75, 3.05) is 50.8 Å². The maximum absolute atomic E-state index is 12.3. The van der Waals surface area contributed by atoms with Crippen molar-refractivity contribution in [3.63, 3.8) is 0 Å². The van der Waals surface area contributed by atoms with E-state index in [4.69, 9.17) is 11.2 Å². The van der Waals surface area contributed by atoms with Gasteiger partial charge in [-0.1, -0.05) is 48.4 Å². The second kappa shape index (κ2) is 9.80. The predicted molar refractivity (Wildman–Crippen MR) is 120 cm³/mol. The average molecular weight is 404 g/mol. The van der Waals surface area contributed by atoms with Gasteiger partial charge in [0.05, 0.1) is 12.2 Å². The summed E-state index contributed by atoms with van der Waals surface area (Å²) < 4.78 is 6.14. The van der Waals surface area contributed by atoms with Crippen molar-refractivity contribution in [2.24, 2.45) is 0 Å². The van der Waals surface area contributed by atoms with E-state index in [0.717, 1.165) is 62.7 Å². The first-order valence-corrected chi connectivity index (χ1v) is 10.7. The molecule has 1 fully saturated rings. The SMILES string of the molecule is C#CCN1C(=O)CCc2cccc(OCCN3CCN(Cc4ccccc4)CC3)c21. The molecule has 4 rings (SSSR count). The summed E-state index contributed by atoms with van der Waals surface area (Å²) >= 11 is 0. The van der Waals surface area contributed by atoms with Crippen molar-refractivity contribution >= 4 is 11.6 Å². The van der Waals surface area contributed by atoms with Crippen LogP contribution in [0.2, 0.25) is 0 Å². The van der Waals surface area contributed by atoms with Gasteiger partial charge >= 0.3 is 0 Å². The molecule has 30 heavy (non-hydrogen) atoms. The zero-order chi connectivity index (χ0) is 20.8. The van der Waals surface area contributed by atoms with Crippen molar-refractivity contribution in [3.8, 4) is 18.1 Å². The number of anilines is 1. The Hall–Kier alpha value is -2.81. The van der Waals surface area contributed by atoms with Gasteiger partial charge < -0.3 is 4.74 Å². The lowest BCUT2D eigenvalue weighted by atomic mass is 10.0. The summed E-state index contributed by atoms with van der Waals surface area (Å²) in [5.74, 6) is 3.44. The van der Waals surface area contributed by atoms with Gasteiger partial charge in [-0.3, -0.25) is 19.5 Å². The monoisotopic (exact) mass is 403 g/mol. The molecule has 2 aromatic carbocycles. The third-order valence-electron chi connectivity index (χ3n) is 5.89. The van der Waals surface area contributed by atoms with Gasteiger partial charge in [0, 0.05) is 45.7 Å². The van der Waals surface area contributed by atoms with E-state index in [0.29, 0.717) is 13.0 Å². The molecular formula is C25H29N3O2. The zero-order valence-electron chi connectivity index (χ0n) is 17.4. The molecule has 156 valence electrons. The molecule has 0 saturated carbocycles. The van der Waals surface area contributed by atoms with E-state index in [1.165, 1.54) is 5.56 Å². The molecule has 0 unspecified atom stereocenters. The molecule has 5 nitrogen and oxygen atoms in total. The van der Waals surface area contributed by atoms with Gasteiger partial charge in [0.25, 0.3) is 0 Å². The molecule has 2 aromatic rings. The molecule has 5 heteroatoms. The number of piperazine rings is 1. The van der Waals surface area contributed by atoms with Crippen molar-refractivity contribution in [3.05, 3.63) is 59.7 Å². The number of carbonyl (C=O) groups is 1. The second-order valence-corrected chi connectivity index (χ2v) is 7.90. The molecule has 0 N–H and O–H groups in total. The van der Waals surface area contributed by atoms with Gasteiger partial charge in [-0.05, 0) is 23.6 Å². The van der Waals surface area contributed by atoms with E-state index in [2.05, 4.69) is 52.1 Å². The number of hydrogen-bond acceptors (Lipinski definition) is 4. The van der Waals surface area contributed by atoms with E-state index in [-0.39, 0.29) is 12.5 Å². The van der Waals surface area contributed by atoms with Crippen molar-refractivity contribution in [2.45, 2.75) is 19.4 Å². The van der Waals surface area contributed by atoms with Crippen LogP contribution in [0.15, 0.2) is 48.5 Å². The van der Waals surface area contributed by atoms with E-state index in [1.807, 2.05) is 12.1 Å². The summed E-state index contributed by atoms with van der Waals surface area (Å²) in [5.41, 5.74) is 3.37. The fraction of sp³-hybridized carbons (Fsp3) is 0.400. The van der Waals surface area contributed by atoms with Crippen LogP contribution in [0.3, 0.4) is 0 Å². The minimum absolute atomic E-state index is 0.0750. The van der Waals surface area contributed by atoms with Crippen molar-refractivity contribution in [1.82, 2.24) is 9.80 Å². The van der Waals surface area contributed by atoms with Crippen LogP contribution in [0, 0.1) is 12.3 Å². The Morgan fingerprint density at radius 3 is 2.47 bits per heavy atom. The third kappa shape index (κ3) is 4.84. The summed E-state index contributed by atoms with van der Waals surface area (Å²) in [4.78, 5) is 19.0. The quantitative estimate of drug-likeness (QED) is 0.666.